The van der Waals surface area contributed by atoms with Gasteiger partial charge in [-0.2, -0.15) is 5.10 Å². The van der Waals surface area contributed by atoms with E-state index in [9.17, 15) is 0 Å². The average molecular weight is 317 g/mol. The van der Waals surface area contributed by atoms with Crippen LogP contribution in [0.25, 0.3) is 5.69 Å². The Morgan fingerprint density at radius 2 is 2.14 bits per heavy atom. The highest BCUT2D eigenvalue weighted by Crippen LogP contribution is 2.26. The number of rotatable bonds is 1. The van der Waals surface area contributed by atoms with Gasteiger partial charge in [-0.1, -0.05) is 0 Å². The van der Waals surface area contributed by atoms with Gasteiger partial charge >= 0.3 is 0 Å². The van der Waals surface area contributed by atoms with E-state index in [4.69, 9.17) is 0 Å². The van der Waals surface area contributed by atoms with Gasteiger partial charge in [-0.3, -0.25) is 4.98 Å². The van der Waals surface area contributed by atoms with Crippen LogP contribution >= 0.6 is 31.9 Å². The van der Waals surface area contributed by atoms with Crippen LogP contribution < -0.4 is 0 Å². The van der Waals surface area contributed by atoms with Gasteiger partial charge in [0, 0.05) is 11.8 Å². The molecule has 3 nitrogen and oxygen atoms in total. The Morgan fingerprint density at radius 1 is 1.36 bits per heavy atom. The smallest absolute Gasteiger partial charge is 0.132 e. The van der Waals surface area contributed by atoms with E-state index in [0.29, 0.717) is 0 Å². The summed E-state index contributed by atoms with van der Waals surface area (Å²) in [4.78, 5) is 4.04. The number of nitrogens with zero attached hydrogens (tertiary/aromatic N) is 3. The molecule has 0 saturated carbocycles. The van der Waals surface area contributed by atoms with Crippen molar-refractivity contribution in [3.63, 3.8) is 0 Å². The minimum atomic E-state index is 0.841. The monoisotopic (exact) mass is 315 g/mol. The molecule has 2 aromatic heterocycles. The van der Waals surface area contributed by atoms with Crippen molar-refractivity contribution in [1.29, 1.82) is 0 Å². The maximum atomic E-state index is 4.33. The number of aromatic nitrogens is 3. The van der Waals surface area contributed by atoms with Gasteiger partial charge in [0.15, 0.2) is 0 Å². The van der Waals surface area contributed by atoms with Crippen molar-refractivity contribution in [2.75, 3.05) is 0 Å². The molecule has 72 valence electrons. The number of pyridine rings is 1. The molecule has 2 rings (SSSR count). The third-order valence-electron chi connectivity index (χ3n) is 1.88. The van der Waals surface area contributed by atoms with Crippen LogP contribution in [0, 0.1) is 6.92 Å². The number of hydrogen-bond acceptors (Lipinski definition) is 2. The molecular formula is C9H7Br2N3. The minimum Gasteiger partial charge on any atom is -0.262 e. The van der Waals surface area contributed by atoms with E-state index in [2.05, 4.69) is 41.9 Å². The summed E-state index contributed by atoms with van der Waals surface area (Å²) in [6.45, 7) is 1.99. The lowest BCUT2D eigenvalue weighted by Gasteiger charge is -2.01. The zero-order chi connectivity index (χ0) is 10.1. The summed E-state index contributed by atoms with van der Waals surface area (Å²) < 4.78 is 3.58. The van der Waals surface area contributed by atoms with Crippen LogP contribution in [0.4, 0.5) is 0 Å². The van der Waals surface area contributed by atoms with Crippen LogP contribution in [0.3, 0.4) is 0 Å². The molecule has 0 aliphatic carbocycles. The maximum Gasteiger partial charge on any atom is 0.132 e. The summed E-state index contributed by atoms with van der Waals surface area (Å²) >= 11 is 6.86. The number of halogens is 2. The molecular weight excluding hydrogens is 310 g/mol. The molecule has 5 heteroatoms. The molecule has 0 aromatic carbocycles. The van der Waals surface area contributed by atoms with E-state index < -0.39 is 0 Å². The summed E-state index contributed by atoms with van der Waals surface area (Å²) in [5.41, 5.74) is 2.02. The highest BCUT2D eigenvalue weighted by atomic mass is 79.9. The summed E-state index contributed by atoms with van der Waals surface area (Å²) in [6.07, 6.45) is 3.51. The third-order valence-corrected chi connectivity index (χ3v) is 3.57. The topological polar surface area (TPSA) is 30.7 Å². The van der Waals surface area contributed by atoms with Gasteiger partial charge in [0.1, 0.15) is 9.21 Å². The largest absolute Gasteiger partial charge is 0.262 e. The van der Waals surface area contributed by atoms with Gasteiger partial charge in [-0.15, -0.1) is 0 Å². The van der Waals surface area contributed by atoms with Crippen molar-refractivity contribution in [3.8, 4) is 5.69 Å². The van der Waals surface area contributed by atoms with Crippen LogP contribution in [0.1, 0.15) is 5.56 Å². The Morgan fingerprint density at radius 3 is 2.64 bits per heavy atom. The molecule has 2 heterocycles. The van der Waals surface area contributed by atoms with E-state index in [1.807, 2.05) is 19.1 Å². The van der Waals surface area contributed by atoms with Gasteiger partial charge in [0.2, 0.25) is 0 Å². The van der Waals surface area contributed by atoms with Gasteiger partial charge < -0.3 is 0 Å². The first kappa shape index (κ1) is 9.86. The first-order valence-electron chi connectivity index (χ1n) is 4.01. The molecule has 0 aliphatic heterocycles. The molecule has 0 bridgehead atoms. The van der Waals surface area contributed by atoms with Crippen LogP contribution in [-0.2, 0) is 0 Å². The van der Waals surface area contributed by atoms with E-state index in [0.717, 1.165) is 20.5 Å². The van der Waals surface area contributed by atoms with Crippen molar-refractivity contribution in [3.05, 3.63) is 39.3 Å². The quantitative estimate of drug-likeness (QED) is 0.809. The number of hydrogen-bond donors (Lipinski definition) is 0. The lowest BCUT2D eigenvalue weighted by Crippen LogP contribution is -1.96. The van der Waals surface area contributed by atoms with Crippen LogP contribution in [0.2, 0.25) is 0 Å². The van der Waals surface area contributed by atoms with Crippen molar-refractivity contribution in [2.24, 2.45) is 0 Å². The van der Waals surface area contributed by atoms with Gasteiger partial charge in [-0.25, -0.2) is 4.68 Å². The fraction of sp³-hybridized carbons (Fsp3) is 0.111. The summed E-state index contributed by atoms with van der Waals surface area (Å²) in [6, 6.07) is 3.84. The molecule has 0 atom stereocenters. The molecule has 0 radical (unpaired) electrons. The van der Waals surface area contributed by atoms with E-state index in [1.165, 1.54) is 0 Å². The molecule has 0 N–H and O–H groups in total. The standard InChI is InChI=1S/C9H7Br2N3/c1-6-8(10)13-14(9(6)11)7-3-2-4-12-5-7/h2-5H,1H3. The molecule has 0 aliphatic rings. The van der Waals surface area contributed by atoms with Gasteiger partial charge in [0.25, 0.3) is 0 Å². The van der Waals surface area contributed by atoms with E-state index >= 15 is 0 Å². The molecule has 2 aromatic rings. The second-order valence-electron chi connectivity index (χ2n) is 2.83. The van der Waals surface area contributed by atoms with Crippen molar-refractivity contribution >= 4 is 31.9 Å². The highest BCUT2D eigenvalue weighted by molar-refractivity contribution is 9.11. The van der Waals surface area contributed by atoms with Gasteiger partial charge in [-0.05, 0) is 50.9 Å². The van der Waals surface area contributed by atoms with Crippen molar-refractivity contribution in [2.45, 2.75) is 6.92 Å². The van der Waals surface area contributed by atoms with Crippen LogP contribution in [-0.4, -0.2) is 14.8 Å². The fourth-order valence-electron chi connectivity index (χ4n) is 1.10. The SMILES string of the molecule is Cc1c(Br)nn(-c2cccnc2)c1Br. The molecule has 0 unspecified atom stereocenters. The normalized spacial score (nSPS) is 10.5. The average Bonchev–Trinajstić information content (AvgIpc) is 2.47. The summed E-state index contributed by atoms with van der Waals surface area (Å²) in [5.74, 6) is 0. The van der Waals surface area contributed by atoms with Crippen molar-refractivity contribution in [1.82, 2.24) is 14.8 Å². The molecule has 0 fully saturated rings. The molecule has 0 spiro atoms. The van der Waals surface area contributed by atoms with Crippen LogP contribution in [0.5, 0.6) is 0 Å². The Balaban J connectivity index is 2.58. The fourth-order valence-corrected chi connectivity index (χ4v) is 2.19. The first-order valence-corrected chi connectivity index (χ1v) is 5.60. The summed E-state index contributed by atoms with van der Waals surface area (Å²) in [7, 11) is 0. The third kappa shape index (κ3) is 1.62. The molecule has 14 heavy (non-hydrogen) atoms. The molecule has 0 amide bonds. The predicted octanol–water partition coefficient (Wildman–Crippen LogP) is 3.10. The zero-order valence-electron chi connectivity index (χ0n) is 7.41. The van der Waals surface area contributed by atoms with Crippen LogP contribution in [0.15, 0.2) is 33.7 Å². The zero-order valence-corrected chi connectivity index (χ0v) is 10.6. The lowest BCUT2D eigenvalue weighted by molar-refractivity contribution is 0.846. The maximum absolute atomic E-state index is 4.33. The highest BCUT2D eigenvalue weighted by Gasteiger charge is 2.10. The second kappa shape index (κ2) is 3.82. The lowest BCUT2D eigenvalue weighted by atomic mass is 10.4. The predicted molar refractivity (Wildman–Crippen MR) is 61.5 cm³/mol. The van der Waals surface area contributed by atoms with Crippen molar-refractivity contribution < 1.29 is 0 Å². The Bertz CT molecular complexity index is 451. The van der Waals surface area contributed by atoms with E-state index in [-0.39, 0.29) is 0 Å². The second-order valence-corrected chi connectivity index (χ2v) is 4.33. The first-order chi connectivity index (χ1) is 6.70. The Labute approximate surface area is 98.4 Å². The Hall–Kier alpha value is -0.680. The minimum absolute atomic E-state index is 0.841. The summed E-state index contributed by atoms with van der Waals surface area (Å²) in [5, 5.41) is 4.33. The van der Waals surface area contributed by atoms with E-state index in [1.54, 1.807) is 17.1 Å². The molecule has 0 saturated heterocycles. The van der Waals surface area contributed by atoms with Gasteiger partial charge in [0.05, 0.1) is 11.9 Å². The Kier molecular flexibility index (Phi) is 2.69.